The summed E-state index contributed by atoms with van der Waals surface area (Å²) in [6, 6.07) is 2.01. The number of hydrogen-bond acceptors (Lipinski definition) is 3. The van der Waals surface area contributed by atoms with E-state index in [1.54, 1.807) is 6.33 Å². The fourth-order valence-electron chi connectivity index (χ4n) is 1.67. The summed E-state index contributed by atoms with van der Waals surface area (Å²) in [6.45, 7) is 9.25. The summed E-state index contributed by atoms with van der Waals surface area (Å²) < 4.78 is 0. The summed E-state index contributed by atoms with van der Waals surface area (Å²) in [5, 5.41) is 0. The maximum atomic E-state index is 4.56. The number of hydrogen-bond donors (Lipinski definition) is 0. The van der Waals surface area contributed by atoms with Gasteiger partial charge in [0.1, 0.15) is 6.33 Å². The molecule has 16 heavy (non-hydrogen) atoms. The van der Waals surface area contributed by atoms with Gasteiger partial charge in [-0.25, -0.2) is 9.97 Å². The minimum absolute atomic E-state index is 0.115. The van der Waals surface area contributed by atoms with Gasteiger partial charge < -0.3 is 0 Å². The van der Waals surface area contributed by atoms with E-state index in [9.17, 15) is 0 Å². The number of aliphatic imine (C=N–C) groups is 1. The van der Waals surface area contributed by atoms with Gasteiger partial charge in [0.15, 0.2) is 0 Å². The molecule has 0 saturated carbocycles. The standard InChI is InChI=1S/C13H17N3/c1-9-5-11(16-8-15-9)10-6-12(14-7-10)13(2,3)4/h5-6,8H,7H2,1-4H3. The van der Waals surface area contributed by atoms with Crippen LogP contribution in [0.25, 0.3) is 5.57 Å². The molecule has 0 radical (unpaired) electrons. The van der Waals surface area contributed by atoms with Crippen molar-refractivity contribution in [2.45, 2.75) is 27.7 Å². The molecule has 1 aliphatic rings. The van der Waals surface area contributed by atoms with Gasteiger partial charge in [0.05, 0.1) is 12.2 Å². The van der Waals surface area contributed by atoms with Crippen molar-refractivity contribution in [3.05, 3.63) is 29.9 Å². The Morgan fingerprint density at radius 3 is 2.50 bits per heavy atom. The van der Waals surface area contributed by atoms with Gasteiger partial charge in [-0.3, -0.25) is 4.99 Å². The minimum atomic E-state index is 0.115. The fraction of sp³-hybridized carbons (Fsp3) is 0.462. The van der Waals surface area contributed by atoms with Crippen LogP contribution >= 0.6 is 0 Å². The third-order valence-corrected chi connectivity index (χ3v) is 2.63. The van der Waals surface area contributed by atoms with E-state index in [2.05, 4.69) is 41.8 Å². The normalized spacial score (nSPS) is 16.0. The molecule has 0 aromatic carbocycles. The van der Waals surface area contributed by atoms with Gasteiger partial charge in [0.2, 0.25) is 0 Å². The lowest BCUT2D eigenvalue weighted by atomic mass is 9.89. The largest absolute Gasteiger partial charge is 0.284 e. The van der Waals surface area contributed by atoms with E-state index in [0.29, 0.717) is 0 Å². The second-order valence-corrected chi connectivity index (χ2v) is 5.17. The number of aromatic nitrogens is 2. The molecule has 0 amide bonds. The Morgan fingerprint density at radius 1 is 1.19 bits per heavy atom. The Labute approximate surface area is 96.4 Å². The van der Waals surface area contributed by atoms with Gasteiger partial charge in [-0.1, -0.05) is 20.8 Å². The van der Waals surface area contributed by atoms with Crippen LogP contribution in [0.2, 0.25) is 0 Å². The first kappa shape index (κ1) is 11.0. The molecule has 2 heterocycles. The van der Waals surface area contributed by atoms with Crippen molar-refractivity contribution in [1.29, 1.82) is 0 Å². The molecule has 1 aliphatic heterocycles. The lowest BCUT2D eigenvalue weighted by molar-refractivity contribution is 0.594. The van der Waals surface area contributed by atoms with Crippen LogP contribution in [0.1, 0.15) is 32.2 Å². The number of nitrogens with zero attached hydrogens (tertiary/aromatic N) is 3. The SMILES string of the molecule is Cc1cc(C2=CC(C(C)(C)C)=NC2)ncn1. The molecule has 0 bridgehead atoms. The summed E-state index contributed by atoms with van der Waals surface area (Å²) in [5.74, 6) is 0. The van der Waals surface area contributed by atoms with Crippen molar-refractivity contribution in [2.75, 3.05) is 6.54 Å². The number of aryl methyl sites for hydroxylation is 1. The van der Waals surface area contributed by atoms with E-state index < -0.39 is 0 Å². The summed E-state index contributed by atoms with van der Waals surface area (Å²) >= 11 is 0. The zero-order valence-corrected chi connectivity index (χ0v) is 10.3. The second-order valence-electron chi connectivity index (χ2n) is 5.17. The summed E-state index contributed by atoms with van der Waals surface area (Å²) in [5.41, 5.74) is 4.45. The van der Waals surface area contributed by atoms with Gasteiger partial charge in [-0.15, -0.1) is 0 Å². The molecule has 0 saturated heterocycles. The highest BCUT2D eigenvalue weighted by atomic mass is 14.9. The molecule has 3 heteroatoms. The van der Waals surface area contributed by atoms with E-state index in [-0.39, 0.29) is 5.41 Å². The molecule has 3 nitrogen and oxygen atoms in total. The molecular formula is C13H17N3. The van der Waals surface area contributed by atoms with Gasteiger partial charge in [-0.05, 0) is 19.1 Å². The van der Waals surface area contributed by atoms with Crippen LogP contribution < -0.4 is 0 Å². The van der Waals surface area contributed by atoms with Crippen molar-refractivity contribution < 1.29 is 0 Å². The first-order valence-corrected chi connectivity index (χ1v) is 5.51. The van der Waals surface area contributed by atoms with Crippen LogP contribution in [-0.2, 0) is 0 Å². The fourth-order valence-corrected chi connectivity index (χ4v) is 1.67. The molecule has 2 rings (SSSR count). The highest BCUT2D eigenvalue weighted by Gasteiger charge is 2.21. The zero-order valence-electron chi connectivity index (χ0n) is 10.3. The monoisotopic (exact) mass is 215 g/mol. The Kier molecular flexibility index (Phi) is 2.62. The lowest BCUT2D eigenvalue weighted by Crippen LogP contribution is -2.16. The van der Waals surface area contributed by atoms with Gasteiger partial charge in [0.25, 0.3) is 0 Å². The summed E-state index contributed by atoms with van der Waals surface area (Å²) in [6.07, 6.45) is 3.77. The predicted molar refractivity (Wildman–Crippen MR) is 66.5 cm³/mol. The topological polar surface area (TPSA) is 38.1 Å². The van der Waals surface area contributed by atoms with Crippen LogP contribution in [0.5, 0.6) is 0 Å². The van der Waals surface area contributed by atoms with Crippen molar-refractivity contribution in [3.8, 4) is 0 Å². The molecule has 0 fully saturated rings. The van der Waals surface area contributed by atoms with Gasteiger partial charge in [0, 0.05) is 22.4 Å². The Balaban J connectivity index is 2.28. The first-order valence-electron chi connectivity index (χ1n) is 5.51. The Bertz CT molecular complexity index is 464. The zero-order chi connectivity index (χ0) is 11.8. The Morgan fingerprint density at radius 2 is 1.94 bits per heavy atom. The average Bonchev–Trinajstić information content (AvgIpc) is 2.65. The predicted octanol–water partition coefficient (Wildman–Crippen LogP) is 2.67. The molecule has 0 atom stereocenters. The quantitative estimate of drug-likeness (QED) is 0.722. The van der Waals surface area contributed by atoms with Crippen molar-refractivity contribution in [3.63, 3.8) is 0 Å². The smallest absolute Gasteiger partial charge is 0.116 e. The number of rotatable bonds is 1. The van der Waals surface area contributed by atoms with Crippen molar-refractivity contribution >= 4 is 11.3 Å². The lowest BCUT2D eigenvalue weighted by Gasteiger charge is -2.16. The second kappa shape index (κ2) is 3.81. The van der Waals surface area contributed by atoms with E-state index in [1.165, 1.54) is 5.57 Å². The highest BCUT2D eigenvalue weighted by molar-refractivity contribution is 6.07. The maximum Gasteiger partial charge on any atom is 0.116 e. The molecule has 0 unspecified atom stereocenters. The van der Waals surface area contributed by atoms with Crippen molar-refractivity contribution in [2.24, 2.45) is 10.4 Å². The van der Waals surface area contributed by atoms with E-state index in [1.807, 2.05) is 13.0 Å². The van der Waals surface area contributed by atoms with E-state index >= 15 is 0 Å². The van der Waals surface area contributed by atoms with Crippen LogP contribution in [0.3, 0.4) is 0 Å². The van der Waals surface area contributed by atoms with E-state index in [0.717, 1.165) is 23.6 Å². The first-order chi connectivity index (χ1) is 7.47. The average molecular weight is 215 g/mol. The van der Waals surface area contributed by atoms with Crippen LogP contribution in [-0.4, -0.2) is 22.2 Å². The summed E-state index contributed by atoms with van der Waals surface area (Å²) in [7, 11) is 0. The van der Waals surface area contributed by atoms with Crippen LogP contribution in [0, 0.1) is 12.3 Å². The molecule has 0 aliphatic carbocycles. The molecule has 0 spiro atoms. The van der Waals surface area contributed by atoms with Crippen LogP contribution in [0.4, 0.5) is 0 Å². The summed E-state index contributed by atoms with van der Waals surface area (Å²) in [4.78, 5) is 12.9. The number of allylic oxidation sites excluding steroid dienone is 1. The Hall–Kier alpha value is -1.51. The molecular weight excluding hydrogens is 198 g/mol. The van der Waals surface area contributed by atoms with Gasteiger partial charge >= 0.3 is 0 Å². The molecule has 84 valence electrons. The molecule has 1 aromatic rings. The van der Waals surface area contributed by atoms with E-state index in [4.69, 9.17) is 0 Å². The molecule has 1 aromatic heterocycles. The highest BCUT2D eigenvalue weighted by Crippen LogP contribution is 2.26. The van der Waals surface area contributed by atoms with Crippen molar-refractivity contribution in [1.82, 2.24) is 9.97 Å². The minimum Gasteiger partial charge on any atom is -0.284 e. The third kappa shape index (κ3) is 2.18. The third-order valence-electron chi connectivity index (χ3n) is 2.63. The maximum absolute atomic E-state index is 4.56. The van der Waals surface area contributed by atoms with Gasteiger partial charge in [-0.2, -0.15) is 0 Å². The molecule has 0 N–H and O–H groups in total. The van der Waals surface area contributed by atoms with Crippen LogP contribution in [0.15, 0.2) is 23.5 Å².